The van der Waals surface area contributed by atoms with Gasteiger partial charge in [-0.1, -0.05) is 41.5 Å². The SMILES string of the molecule is CC[N+](CC)=C(SC(C)(C)C)SC(C)(C)C. The maximum absolute atomic E-state index is 2.46. The van der Waals surface area contributed by atoms with E-state index < -0.39 is 0 Å². The van der Waals surface area contributed by atoms with Gasteiger partial charge < -0.3 is 0 Å². The molecule has 0 saturated carbocycles. The Morgan fingerprint density at radius 3 is 1.31 bits per heavy atom. The Labute approximate surface area is 110 Å². The smallest absolute Gasteiger partial charge is 0.219 e. The van der Waals surface area contributed by atoms with Crippen molar-refractivity contribution >= 4 is 27.9 Å². The quantitative estimate of drug-likeness (QED) is 0.410. The molecule has 0 aliphatic carbocycles. The summed E-state index contributed by atoms with van der Waals surface area (Å²) >= 11 is 3.98. The fourth-order valence-corrected chi connectivity index (χ4v) is 4.64. The molecular weight excluding hydrogens is 234 g/mol. The number of rotatable bonds is 2. The first kappa shape index (κ1) is 16.4. The van der Waals surface area contributed by atoms with Crippen LogP contribution < -0.4 is 0 Å². The first-order valence-corrected chi connectivity index (χ1v) is 7.72. The molecule has 0 saturated heterocycles. The molecule has 0 radical (unpaired) electrons. The second-order valence-electron chi connectivity index (χ2n) is 5.87. The highest BCUT2D eigenvalue weighted by atomic mass is 32.2. The van der Waals surface area contributed by atoms with Crippen LogP contribution in [0.5, 0.6) is 0 Å². The van der Waals surface area contributed by atoms with Crippen molar-refractivity contribution in [1.29, 1.82) is 0 Å². The van der Waals surface area contributed by atoms with Gasteiger partial charge in [0.1, 0.15) is 13.1 Å². The van der Waals surface area contributed by atoms with Crippen LogP contribution >= 0.6 is 23.5 Å². The number of nitrogens with zero attached hydrogens (tertiary/aromatic N) is 1. The van der Waals surface area contributed by atoms with Crippen molar-refractivity contribution in [2.75, 3.05) is 13.1 Å². The number of hydrogen-bond donors (Lipinski definition) is 0. The summed E-state index contributed by atoms with van der Waals surface area (Å²) in [4.78, 5) is 0. The Morgan fingerprint density at radius 2 is 1.12 bits per heavy atom. The lowest BCUT2D eigenvalue weighted by molar-refractivity contribution is -0.515. The summed E-state index contributed by atoms with van der Waals surface area (Å²) in [6.45, 7) is 20.3. The lowest BCUT2D eigenvalue weighted by Gasteiger charge is -2.22. The highest BCUT2D eigenvalue weighted by molar-refractivity contribution is 8.39. The van der Waals surface area contributed by atoms with Crippen molar-refractivity contribution < 1.29 is 4.58 Å². The highest BCUT2D eigenvalue weighted by Gasteiger charge is 2.27. The monoisotopic (exact) mass is 262 g/mol. The second kappa shape index (κ2) is 6.34. The van der Waals surface area contributed by atoms with Crippen LogP contribution in [0.15, 0.2) is 0 Å². The van der Waals surface area contributed by atoms with E-state index in [4.69, 9.17) is 0 Å². The Balaban J connectivity index is 4.98. The molecule has 0 aromatic rings. The van der Waals surface area contributed by atoms with Crippen LogP contribution in [0.3, 0.4) is 0 Å². The van der Waals surface area contributed by atoms with Gasteiger partial charge in [0.05, 0.1) is 0 Å². The van der Waals surface area contributed by atoms with Gasteiger partial charge in [-0.25, -0.2) is 4.58 Å². The van der Waals surface area contributed by atoms with E-state index >= 15 is 0 Å². The molecule has 0 fully saturated rings. The molecule has 0 amide bonds. The molecule has 16 heavy (non-hydrogen) atoms. The Bertz CT molecular complexity index is 220. The molecule has 0 aliphatic heterocycles. The number of hydrogen-bond acceptors (Lipinski definition) is 2. The van der Waals surface area contributed by atoms with Gasteiger partial charge in [-0.05, 0) is 37.4 Å². The largest absolute Gasteiger partial charge is 0.271 e. The fraction of sp³-hybridized carbons (Fsp3) is 0.923. The van der Waals surface area contributed by atoms with Gasteiger partial charge >= 0.3 is 0 Å². The minimum Gasteiger partial charge on any atom is -0.219 e. The first-order chi connectivity index (χ1) is 7.09. The minimum atomic E-state index is 0.288. The van der Waals surface area contributed by atoms with Gasteiger partial charge in [0.25, 0.3) is 4.38 Å². The molecular formula is C13H28NS2+. The van der Waals surface area contributed by atoms with Crippen molar-refractivity contribution in [1.82, 2.24) is 0 Å². The highest BCUT2D eigenvalue weighted by Crippen LogP contribution is 2.35. The van der Waals surface area contributed by atoms with Crippen LogP contribution in [-0.2, 0) is 0 Å². The summed E-state index contributed by atoms with van der Waals surface area (Å²) in [5.41, 5.74) is 0. The average Bonchev–Trinajstić information content (AvgIpc) is 1.99. The van der Waals surface area contributed by atoms with E-state index in [1.807, 2.05) is 23.5 Å². The molecule has 0 atom stereocenters. The summed E-state index contributed by atoms with van der Waals surface area (Å²) in [7, 11) is 0. The first-order valence-electron chi connectivity index (χ1n) is 6.09. The molecule has 0 aromatic carbocycles. The molecule has 96 valence electrons. The van der Waals surface area contributed by atoms with Crippen molar-refractivity contribution in [3.8, 4) is 0 Å². The van der Waals surface area contributed by atoms with Crippen molar-refractivity contribution in [3.63, 3.8) is 0 Å². The summed E-state index contributed by atoms with van der Waals surface area (Å²) in [5, 5.41) is 0. The third kappa shape index (κ3) is 7.61. The average molecular weight is 263 g/mol. The predicted molar refractivity (Wildman–Crippen MR) is 81.0 cm³/mol. The lowest BCUT2D eigenvalue weighted by Crippen LogP contribution is -2.25. The van der Waals surface area contributed by atoms with Crippen molar-refractivity contribution in [2.24, 2.45) is 0 Å². The molecule has 0 heterocycles. The van der Waals surface area contributed by atoms with E-state index in [1.165, 1.54) is 4.38 Å². The topological polar surface area (TPSA) is 3.01 Å². The molecule has 0 rings (SSSR count). The molecule has 0 N–H and O–H groups in total. The summed E-state index contributed by atoms with van der Waals surface area (Å²) in [6.07, 6.45) is 0. The van der Waals surface area contributed by atoms with Gasteiger partial charge in [0, 0.05) is 9.49 Å². The van der Waals surface area contributed by atoms with E-state index in [9.17, 15) is 0 Å². The van der Waals surface area contributed by atoms with Crippen LogP contribution in [0.2, 0.25) is 0 Å². The maximum Gasteiger partial charge on any atom is 0.271 e. The summed E-state index contributed by atoms with van der Waals surface area (Å²) < 4.78 is 4.50. The molecule has 1 nitrogen and oxygen atoms in total. The van der Waals surface area contributed by atoms with E-state index in [0.29, 0.717) is 0 Å². The van der Waals surface area contributed by atoms with E-state index in [-0.39, 0.29) is 9.49 Å². The zero-order valence-electron chi connectivity index (χ0n) is 12.2. The molecule has 0 unspecified atom stereocenters. The lowest BCUT2D eigenvalue weighted by atomic mass is 10.3. The predicted octanol–water partition coefficient (Wildman–Crippen LogP) is 4.46. The fourth-order valence-electron chi connectivity index (χ4n) is 1.16. The Kier molecular flexibility index (Phi) is 6.49. The van der Waals surface area contributed by atoms with Crippen molar-refractivity contribution in [2.45, 2.75) is 64.9 Å². The van der Waals surface area contributed by atoms with Gasteiger partial charge in [0.15, 0.2) is 0 Å². The van der Waals surface area contributed by atoms with Crippen LogP contribution in [0.25, 0.3) is 0 Å². The van der Waals surface area contributed by atoms with Gasteiger partial charge in [-0.15, -0.1) is 0 Å². The molecule has 0 aliphatic rings. The number of thioether (sulfide) groups is 2. The van der Waals surface area contributed by atoms with E-state index in [1.54, 1.807) is 0 Å². The van der Waals surface area contributed by atoms with Gasteiger partial charge in [-0.3, -0.25) is 0 Å². The van der Waals surface area contributed by atoms with Crippen LogP contribution in [0.1, 0.15) is 55.4 Å². The normalized spacial score (nSPS) is 12.8. The summed E-state index contributed by atoms with van der Waals surface area (Å²) in [6, 6.07) is 0. The van der Waals surface area contributed by atoms with Crippen LogP contribution in [-0.4, -0.2) is 31.5 Å². The molecule has 3 heteroatoms. The van der Waals surface area contributed by atoms with Gasteiger partial charge in [0.2, 0.25) is 0 Å². The van der Waals surface area contributed by atoms with Crippen LogP contribution in [0.4, 0.5) is 0 Å². The minimum absolute atomic E-state index is 0.288. The van der Waals surface area contributed by atoms with Gasteiger partial charge in [-0.2, -0.15) is 0 Å². The van der Waals surface area contributed by atoms with E-state index in [2.05, 4.69) is 60.0 Å². The van der Waals surface area contributed by atoms with Crippen molar-refractivity contribution in [3.05, 3.63) is 0 Å². The van der Waals surface area contributed by atoms with E-state index in [0.717, 1.165) is 13.1 Å². The third-order valence-corrected chi connectivity index (χ3v) is 4.40. The zero-order chi connectivity index (χ0) is 13.0. The summed E-state index contributed by atoms with van der Waals surface area (Å²) in [5.74, 6) is 0. The Hall–Kier alpha value is 0.370. The molecule has 0 spiro atoms. The zero-order valence-corrected chi connectivity index (χ0v) is 13.8. The third-order valence-electron chi connectivity index (χ3n) is 1.81. The molecule has 0 aromatic heterocycles. The molecule has 0 bridgehead atoms. The standard InChI is InChI=1S/C13H28NS2/c1-9-14(10-2)11(15-12(3,4)5)16-13(6,7)8/h9-10H2,1-8H3/q+1. The Morgan fingerprint density at radius 1 is 0.812 bits per heavy atom. The van der Waals surface area contributed by atoms with Crippen LogP contribution in [0, 0.1) is 0 Å². The second-order valence-corrected chi connectivity index (χ2v) is 9.76. The maximum atomic E-state index is 2.46.